The molecule has 2 rings (SSSR count). The van der Waals surface area contributed by atoms with Gasteiger partial charge in [-0.2, -0.15) is 0 Å². The molecule has 2 aromatic heterocycles. The highest BCUT2D eigenvalue weighted by molar-refractivity contribution is 5.85. The molecule has 0 fully saturated rings. The van der Waals surface area contributed by atoms with Crippen LogP contribution in [0.5, 0.6) is 0 Å². The Morgan fingerprint density at radius 2 is 2.33 bits per heavy atom. The largest absolute Gasteiger partial charge is 0.392 e. The van der Waals surface area contributed by atoms with Gasteiger partial charge in [0.2, 0.25) is 0 Å². The van der Waals surface area contributed by atoms with Crippen LogP contribution in [0.1, 0.15) is 6.92 Å². The van der Waals surface area contributed by atoms with Gasteiger partial charge in [0, 0.05) is 19.8 Å². The highest BCUT2D eigenvalue weighted by atomic mass is 16.3. The van der Waals surface area contributed by atoms with Crippen LogP contribution < -0.4 is 5.32 Å². The summed E-state index contributed by atoms with van der Waals surface area (Å²) in [6.07, 6.45) is 3.08. The second-order valence-corrected chi connectivity index (χ2v) is 3.61. The first-order chi connectivity index (χ1) is 7.18. The molecule has 80 valence electrons. The molecule has 0 amide bonds. The predicted octanol–water partition coefficient (Wildman–Crippen LogP) is 0.761. The summed E-state index contributed by atoms with van der Waals surface area (Å²) in [5.74, 6) is 0.717. The molecule has 0 aromatic carbocycles. The average molecular weight is 206 g/mol. The van der Waals surface area contributed by atoms with Crippen molar-refractivity contribution in [2.75, 3.05) is 11.9 Å². The van der Waals surface area contributed by atoms with E-state index in [0.29, 0.717) is 12.4 Å². The Labute approximate surface area is 87.8 Å². The summed E-state index contributed by atoms with van der Waals surface area (Å²) in [5.41, 5.74) is 1.86. The van der Waals surface area contributed by atoms with Gasteiger partial charge in [-0.05, 0) is 13.0 Å². The minimum Gasteiger partial charge on any atom is -0.392 e. The third kappa shape index (κ3) is 1.92. The number of nitrogens with one attached hydrogen (secondary N) is 1. The summed E-state index contributed by atoms with van der Waals surface area (Å²) >= 11 is 0. The maximum Gasteiger partial charge on any atom is 0.154 e. The fourth-order valence-electron chi connectivity index (χ4n) is 1.44. The van der Waals surface area contributed by atoms with Crippen molar-refractivity contribution in [1.29, 1.82) is 0 Å². The summed E-state index contributed by atoms with van der Waals surface area (Å²) in [5, 5.41) is 12.2. The maximum atomic E-state index is 9.18. The van der Waals surface area contributed by atoms with E-state index in [4.69, 9.17) is 0 Å². The van der Waals surface area contributed by atoms with Crippen molar-refractivity contribution in [2.45, 2.75) is 13.0 Å². The van der Waals surface area contributed by atoms with Gasteiger partial charge >= 0.3 is 0 Å². The summed E-state index contributed by atoms with van der Waals surface area (Å²) in [7, 11) is 1.94. The van der Waals surface area contributed by atoms with Crippen LogP contribution in [0.4, 0.5) is 5.82 Å². The highest BCUT2D eigenvalue weighted by Gasteiger charge is 2.06. The molecule has 15 heavy (non-hydrogen) atoms. The van der Waals surface area contributed by atoms with Gasteiger partial charge in [-0.15, -0.1) is 0 Å². The lowest BCUT2D eigenvalue weighted by atomic mass is 10.3. The van der Waals surface area contributed by atoms with Crippen LogP contribution in [0.15, 0.2) is 18.6 Å². The molecular weight excluding hydrogens is 192 g/mol. The van der Waals surface area contributed by atoms with Crippen LogP contribution in [0.3, 0.4) is 0 Å². The second-order valence-electron chi connectivity index (χ2n) is 3.61. The number of nitrogens with zero attached hydrogens (tertiary/aromatic N) is 3. The lowest BCUT2D eigenvalue weighted by Gasteiger charge is -2.07. The summed E-state index contributed by atoms with van der Waals surface area (Å²) < 4.78 is 1.94. The van der Waals surface area contributed by atoms with E-state index in [1.165, 1.54) is 0 Å². The highest BCUT2D eigenvalue weighted by Crippen LogP contribution is 2.18. The molecule has 1 atom stereocenters. The maximum absolute atomic E-state index is 9.18. The molecule has 0 aliphatic heterocycles. The van der Waals surface area contributed by atoms with Gasteiger partial charge in [0.15, 0.2) is 5.82 Å². The first-order valence-electron chi connectivity index (χ1n) is 4.86. The summed E-state index contributed by atoms with van der Waals surface area (Å²) in [6.45, 7) is 2.20. The van der Waals surface area contributed by atoms with Gasteiger partial charge in [0.05, 0.1) is 17.9 Å². The van der Waals surface area contributed by atoms with Crippen molar-refractivity contribution in [3.05, 3.63) is 18.6 Å². The monoisotopic (exact) mass is 206 g/mol. The van der Waals surface area contributed by atoms with E-state index in [9.17, 15) is 5.11 Å². The minimum absolute atomic E-state index is 0.397. The van der Waals surface area contributed by atoms with E-state index in [0.717, 1.165) is 11.0 Å². The molecule has 0 spiro atoms. The first-order valence-corrected chi connectivity index (χ1v) is 4.86. The van der Waals surface area contributed by atoms with Crippen molar-refractivity contribution in [1.82, 2.24) is 14.5 Å². The molecule has 5 heteroatoms. The smallest absolute Gasteiger partial charge is 0.154 e. The number of rotatable bonds is 3. The average Bonchev–Trinajstić information content (AvgIpc) is 2.58. The van der Waals surface area contributed by atoms with E-state index in [1.807, 2.05) is 17.7 Å². The van der Waals surface area contributed by atoms with Crippen molar-refractivity contribution in [2.24, 2.45) is 7.05 Å². The number of aryl methyl sites for hydroxylation is 1. The van der Waals surface area contributed by atoms with Gasteiger partial charge in [0.1, 0.15) is 5.52 Å². The van der Waals surface area contributed by atoms with Crippen LogP contribution in [-0.2, 0) is 7.05 Å². The van der Waals surface area contributed by atoms with E-state index in [2.05, 4.69) is 15.3 Å². The van der Waals surface area contributed by atoms with Crippen LogP contribution >= 0.6 is 0 Å². The number of hydrogen-bond donors (Lipinski definition) is 2. The predicted molar refractivity (Wildman–Crippen MR) is 58.7 cm³/mol. The first kappa shape index (κ1) is 9.92. The van der Waals surface area contributed by atoms with Gasteiger partial charge in [-0.3, -0.25) is 0 Å². The number of aliphatic hydroxyl groups is 1. The molecule has 2 aromatic rings. The van der Waals surface area contributed by atoms with Gasteiger partial charge in [-0.1, -0.05) is 0 Å². The normalized spacial score (nSPS) is 13.0. The number of fused-ring (bicyclic) bond motifs is 1. The van der Waals surface area contributed by atoms with Crippen LogP contribution in [-0.4, -0.2) is 32.3 Å². The van der Waals surface area contributed by atoms with Gasteiger partial charge in [0.25, 0.3) is 0 Å². The molecule has 0 saturated carbocycles. The Morgan fingerprint density at radius 3 is 3.07 bits per heavy atom. The zero-order valence-corrected chi connectivity index (χ0v) is 8.81. The molecular formula is C10H14N4O. The number of aliphatic hydroxyl groups excluding tert-OH is 1. The molecule has 0 bridgehead atoms. The SMILES string of the molecule is CC(O)CNc1nccc2c1ncn2C. The minimum atomic E-state index is -0.397. The van der Waals surface area contributed by atoms with Crippen LogP contribution in [0, 0.1) is 0 Å². The topological polar surface area (TPSA) is 63.0 Å². The summed E-state index contributed by atoms with van der Waals surface area (Å²) in [4.78, 5) is 8.45. The zero-order valence-electron chi connectivity index (χ0n) is 8.81. The molecule has 0 aliphatic rings. The van der Waals surface area contributed by atoms with E-state index < -0.39 is 6.10 Å². The van der Waals surface area contributed by atoms with Crippen molar-refractivity contribution < 1.29 is 5.11 Å². The molecule has 2 heterocycles. The number of imidazole rings is 1. The number of anilines is 1. The van der Waals surface area contributed by atoms with Gasteiger partial charge < -0.3 is 15.0 Å². The van der Waals surface area contributed by atoms with E-state index in [-0.39, 0.29) is 0 Å². The molecule has 5 nitrogen and oxygen atoms in total. The van der Waals surface area contributed by atoms with Crippen molar-refractivity contribution >= 4 is 16.9 Å². The quantitative estimate of drug-likeness (QED) is 0.778. The zero-order chi connectivity index (χ0) is 10.8. The van der Waals surface area contributed by atoms with E-state index in [1.54, 1.807) is 19.4 Å². The number of aromatic nitrogens is 3. The Balaban J connectivity index is 2.34. The molecule has 0 radical (unpaired) electrons. The van der Waals surface area contributed by atoms with Crippen LogP contribution in [0.25, 0.3) is 11.0 Å². The Hall–Kier alpha value is -1.62. The molecule has 0 aliphatic carbocycles. The fourth-order valence-corrected chi connectivity index (χ4v) is 1.44. The van der Waals surface area contributed by atoms with E-state index >= 15 is 0 Å². The fraction of sp³-hybridized carbons (Fsp3) is 0.400. The Morgan fingerprint density at radius 1 is 1.53 bits per heavy atom. The van der Waals surface area contributed by atoms with Crippen molar-refractivity contribution in [3.8, 4) is 0 Å². The van der Waals surface area contributed by atoms with Crippen molar-refractivity contribution in [3.63, 3.8) is 0 Å². The molecule has 0 saturated heterocycles. The lowest BCUT2D eigenvalue weighted by molar-refractivity contribution is 0.208. The Kier molecular flexibility index (Phi) is 2.55. The number of hydrogen-bond acceptors (Lipinski definition) is 4. The Bertz CT molecular complexity index is 463. The summed E-state index contributed by atoms with van der Waals surface area (Å²) in [6, 6.07) is 1.91. The van der Waals surface area contributed by atoms with Crippen LogP contribution in [0.2, 0.25) is 0 Å². The molecule has 2 N–H and O–H groups in total. The van der Waals surface area contributed by atoms with Gasteiger partial charge in [-0.25, -0.2) is 9.97 Å². The third-order valence-electron chi connectivity index (χ3n) is 2.21. The number of pyridine rings is 1. The second kappa shape index (κ2) is 3.86. The standard InChI is InChI=1S/C10H14N4O/c1-7(15)5-12-10-9-8(3-4-11-10)14(2)6-13-9/h3-4,6-7,15H,5H2,1-2H3,(H,11,12). The molecule has 1 unspecified atom stereocenters. The lowest BCUT2D eigenvalue weighted by Crippen LogP contribution is -2.16. The third-order valence-corrected chi connectivity index (χ3v) is 2.21.